The monoisotopic (exact) mass is 380 g/mol. The van der Waals surface area contributed by atoms with E-state index in [2.05, 4.69) is 10.3 Å². The summed E-state index contributed by atoms with van der Waals surface area (Å²) in [6, 6.07) is 1.99. The van der Waals surface area contributed by atoms with E-state index in [0.717, 1.165) is 28.3 Å². The van der Waals surface area contributed by atoms with Crippen LogP contribution in [0.4, 0.5) is 25.0 Å². The van der Waals surface area contributed by atoms with Crippen molar-refractivity contribution < 1.29 is 28.4 Å². The van der Waals surface area contributed by atoms with Crippen LogP contribution in [-0.4, -0.2) is 53.2 Å². The van der Waals surface area contributed by atoms with Gasteiger partial charge in [0.1, 0.15) is 12.2 Å². The number of carbonyl (C=O) groups is 2. The molecule has 1 unspecified atom stereocenters. The average Bonchev–Trinajstić information content (AvgIpc) is 3.12. The van der Waals surface area contributed by atoms with Crippen molar-refractivity contribution in [2.45, 2.75) is 12.8 Å². The lowest BCUT2D eigenvalue weighted by atomic mass is 10.2. The molecule has 2 aromatic rings. The summed E-state index contributed by atoms with van der Waals surface area (Å²) in [6.45, 7) is 0.416. The molecule has 1 aliphatic rings. The number of halogens is 2. The number of hydrogen-bond acceptors (Lipinski definition) is 6. The highest BCUT2D eigenvalue weighted by molar-refractivity contribution is 5.93. The molecule has 1 aromatic heterocycles. The molecule has 1 aliphatic heterocycles. The summed E-state index contributed by atoms with van der Waals surface area (Å²) >= 11 is 0. The Kier molecular flexibility index (Phi) is 5.35. The number of hydrogen-bond donors (Lipinski definition) is 2. The lowest BCUT2D eigenvalue weighted by Crippen LogP contribution is -2.84. The summed E-state index contributed by atoms with van der Waals surface area (Å²) in [5.74, 6) is -1.89. The maximum Gasteiger partial charge on any atom is 0.419 e. The van der Waals surface area contributed by atoms with E-state index in [0.29, 0.717) is 6.41 Å². The molecule has 2 heterocycles. The highest BCUT2D eigenvalue weighted by atomic mass is 19.1. The van der Waals surface area contributed by atoms with Crippen LogP contribution >= 0.6 is 0 Å². The summed E-state index contributed by atoms with van der Waals surface area (Å²) in [5.41, 5.74) is -0.450. The van der Waals surface area contributed by atoms with E-state index in [1.54, 1.807) is 6.20 Å². The van der Waals surface area contributed by atoms with Crippen molar-refractivity contribution in [2.75, 3.05) is 22.9 Å². The third-order valence-corrected chi connectivity index (χ3v) is 3.89. The van der Waals surface area contributed by atoms with E-state index >= 15 is 0 Å². The van der Waals surface area contributed by atoms with E-state index in [1.165, 1.54) is 16.2 Å². The van der Waals surface area contributed by atoms with Gasteiger partial charge < -0.3 is 9.64 Å². The minimum Gasteiger partial charge on any atom is -0.422 e. The number of benzene rings is 1. The first-order chi connectivity index (χ1) is 13.0. The minimum absolute atomic E-state index is 0.0144. The molecular formula is C15H16F2N7O3+. The van der Waals surface area contributed by atoms with E-state index in [-0.39, 0.29) is 25.3 Å². The highest BCUT2D eigenvalue weighted by Gasteiger charge is 2.41. The minimum atomic E-state index is -0.946. The van der Waals surface area contributed by atoms with Gasteiger partial charge in [0.15, 0.2) is 11.6 Å². The van der Waals surface area contributed by atoms with Crippen molar-refractivity contribution in [1.29, 1.82) is 5.41 Å². The molecule has 2 amide bonds. The Balaban J connectivity index is 1.81. The number of primary amides is 1. The van der Waals surface area contributed by atoms with Gasteiger partial charge >= 0.3 is 6.09 Å². The van der Waals surface area contributed by atoms with Crippen LogP contribution in [0.3, 0.4) is 0 Å². The fourth-order valence-corrected chi connectivity index (χ4v) is 2.66. The lowest BCUT2D eigenvalue weighted by Gasteiger charge is -2.39. The van der Waals surface area contributed by atoms with Gasteiger partial charge in [0, 0.05) is 18.3 Å². The molecule has 0 spiro atoms. The predicted molar refractivity (Wildman–Crippen MR) is 88.1 cm³/mol. The number of rotatable bonds is 9. The maximum atomic E-state index is 14.5. The Labute approximate surface area is 151 Å². The number of nitrogens with two attached hydrogens (primary N) is 1. The molecule has 0 bridgehead atoms. The Hall–Kier alpha value is -3.41. The summed E-state index contributed by atoms with van der Waals surface area (Å²) in [7, 11) is 0. The van der Waals surface area contributed by atoms with Crippen molar-refractivity contribution in [3.8, 4) is 0 Å². The van der Waals surface area contributed by atoms with Gasteiger partial charge in [-0.25, -0.2) is 28.0 Å². The third-order valence-electron chi connectivity index (χ3n) is 3.89. The van der Waals surface area contributed by atoms with Gasteiger partial charge in [-0.2, -0.15) is 0 Å². The van der Waals surface area contributed by atoms with Crippen molar-refractivity contribution in [2.24, 2.45) is 0 Å². The number of quaternary nitrogens is 1. The molecule has 0 saturated carbocycles. The molecule has 3 N–H and O–H groups in total. The van der Waals surface area contributed by atoms with Crippen LogP contribution in [0.25, 0.3) is 0 Å². The molecule has 142 valence electrons. The normalized spacial score (nSPS) is 15.9. The van der Waals surface area contributed by atoms with Crippen LogP contribution in [0.15, 0.2) is 24.5 Å². The highest BCUT2D eigenvalue weighted by Crippen LogP contribution is 2.33. The lowest BCUT2D eigenvalue weighted by molar-refractivity contribution is -0.551. The fraction of sp³-hybridized carbons (Fsp3) is 0.267. The number of carbonyl (C=O) groups excluding carboxylic acids is 2. The molecule has 0 radical (unpaired) electrons. The Morgan fingerprint density at radius 1 is 1.37 bits per heavy atom. The molecule has 1 saturated heterocycles. The van der Waals surface area contributed by atoms with Gasteiger partial charge in [0.05, 0.1) is 31.3 Å². The Morgan fingerprint density at radius 3 is 2.67 bits per heavy atom. The largest absolute Gasteiger partial charge is 0.422 e. The van der Waals surface area contributed by atoms with E-state index < -0.39 is 29.6 Å². The summed E-state index contributed by atoms with van der Waals surface area (Å²) < 4.78 is 35.5. The summed E-state index contributed by atoms with van der Waals surface area (Å²) in [6.07, 6.45) is 2.84. The first-order valence-corrected chi connectivity index (χ1v) is 7.92. The second kappa shape index (κ2) is 7.86. The van der Waals surface area contributed by atoms with Crippen molar-refractivity contribution in [3.05, 3.63) is 36.2 Å². The molecule has 12 heteroatoms. The van der Waals surface area contributed by atoms with E-state index in [1.807, 2.05) is 0 Å². The van der Waals surface area contributed by atoms with Crippen LogP contribution in [0.1, 0.15) is 0 Å². The molecule has 0 aliphatic carbocycles. The number of aromatic nitrogens is 3. The number of anilines is 2. The Morgan fingerprint density at radius 2 is 2.11 bits per heavy atom. The number of cyclic esters (lactones) is 1. The van der Waals surface area contributed by atoms with Gasteiger partial charge in [0.2, 0.25) is 6.23 Å². The smallest absolute Gasteiger partial charge is 0.419 e. The quantitative estimate of drug-likeness (QED) is 0.266. The first kappa shape index (κ1) is 18.4. The van der Waals surface area contributed by atoms with Crippen LogP contribution < -0.4 is 15.1 Å². The van der Waals surface area contributed by atoms with E-state index in [9.17, 15) is 18.4 Å². The zero-order valence-corrected chi connectivity index (χ0v) is 14.0. The van der Waals surface area contributed by atoms with Crippen LogP contribution in [0, 0.1) is 17.0 Å². The molecule has 10 nitrogen and oxygen atoms in total. The number of nitrogens with one attached hydrogen (secondary N) is 1. The molecule has 1 atom stereocenters. The number of amides is 2. The summed E-state index contributed by atoms with van der Waals surface area (Å²) in [4.78, 5) is 24.3. The third kappa shape index (κ3) is 3.74. The van der Waals surface area contributed by atoms with E-state index in [4.69, 9.17) is 10.1 Å². The molecular weight excluding hydrogens is 364 g/mol. The van der Waals surface area contributed by atoms with Crippen molar-refractivity contribution in [3.63, 3.8) is 0 Å². The van der Waals surface area contributed by atoms with Crippen LogP contribution in [0.2, 0.25) is 0 Å². The SMILES string of the molecule is N=CN(CC[NH2+]C=O)c1c(F)cc(N2C(=O)OC2Cn2ccnn2)cc1F. The van der Waals surface area contributed by atoms with Crippen LogP contribution in [-0.2, 0) is 16.1 Å². The standard InChI is InChI=1S/C15H15F2N7O3/c16-11-5-10(6-12(17)14(11)22(8-18)3-1-19-9-25)24-13(27-15(24)26)7-23-4-2-20-21-23/h2,4-6,8-9,13,18H,1,3,7H2,(H,19,25)/p+1. The predicted octanol–water partition coefficient (Wildman–Crippen LogP) is -0.328. The zero-order valence-electron chi connectivity index (χ0n) is 14.0. The second-order valence-electron chi connectivity index (χ2n) is 5.57. The zero-order chi connectivity index (χ0) is 19.4. The summed E-state index contributed by atoms with van der Waals surface area (Å²) in [5, 5.41) is 16.0. The number of nitrogens with zero attached hydrogens (tertiary/aromatic N) is 5. The molecule has 27 heavy (non-hydrogen) atoms. The van der Waals surface area contributed by atoms with Gasteiger partial charge in [-0.1, -0.05) is 5.21 Å². The molecule has 1 fully saturated rings. The van der Waals surface area contributed by atoms with Gasteiger partial charge in [-0.15, -0.1) is 5.10 Å². The van der Waals surface area contributed by atoms with Gasteiger partial charge in [-0.3, -0.25) is 10.7 Å². The number of ether oxygens (including phenoxy) is 1. The van der Waals surface area contributed by atoms with Crippen molar-refractivity contribution >= 4 is 30.2 Å². The first-order valence-electron chi connectivity index (χ1n) is 7.92. The van der Waals surface area contributed by atoms with Crippen molar-refractivity contribution in [1.82, 2.24) is 15.0 Å². The van der Waals surface area contributed by atoms with Gasteiger partial charge in [0.25, 0.3) is 6.41 Å². The van der Waals surface area contributed by atoms with Gasteiger partial charge in [-0.05, 0) is 0 Å². The molecule has 1 aromatic carbocycles. The Bertz CT molecular complexity index is 823. The maximum absolute atomic E-state index is 14.5. The topological polar surface area (TPSA) is 121 Å². The second-order valence-corrected chi connectivity index (χ2v) is 5.57. The molecule has 3 rings (SSSR count). The fourth-order valence-electron chi connectivity index (χ4n) is 2.66. The van der Waals surface area contributed by atoms with Crippen LogP contribution in [0.5, 0.6) is 0 Å². The average molecular weight is 380 g/mol.